The molecule has 240 valence electrons. The number of hydrogen-bond donors (Lipinski definition) is 2. The minimum absolute atomic E-state index is 0.0266. The Bertz CT molecular complexity index is 1620. The Morgan fingerprint density at radius 2 is 1.98 bits per heavy atom. The first-order chi connectivity index (χ1) is 20.9. The van der Waals surface area contributed by atoms with Crippen LogP contribution in [0.25, 0.3) is 21.9 Å². The molecule has 1 aliphatic rings. The van der Waals surface area contributed by atoms with E-state index in [0.29, 0.717) is 54.6 Å². The smallest absolute Gasteiger partial charge is 0.264 e. The fourth-order valence-corrected chi connectivity index (χ4v) is 5.81. The van der Waals surface area contributed by atoms with Crippen molar-refractivity contribution in [3.05, 3.63) is 70.4 Å². The zero-order valence-corrected chi connectivity index (χ0v) is 26.5. The number of aryl methyl sites for hydroxylation is 1. The molecule has 0 aliphatic carbocycles. The van der Waals surface area contributed by atoms with Gasteiger partial charge in [-0.25, -0.2) is 23.1 Å². The van der Waals surface area contributed by atoms with Crippen LogP contribution in [0.2, 0.25) is 0 Å². The predicted octanol–water partition coefficient (Wildman–Crippen LogP) is 4.09. The number of sulfone groups is 1. The number of amides is 1. The number of carbonyl (C=O) groups is 1. The molecule has 0 radical (unpaired) electrons. The Labute approximate surface area is 257 Å². The van der Waals surface area contributed by atoms with E-state index in [1.54, 1.807) is 36.5 Å². The lowest BCUT2D eigenvalue weighted by molar-refractivity contribution is -0.201. The van der Waals surface area contributed by atoms with Crippen molar-refractivity contribution in [3.63, 3.8) is 0 Å². The molecule has 1 fully saturated rings. The van der Waals surface area contributed by atoms with Gasteiger partial charge in [-0.2, -0.15) is 0 Å². The summed E-state index contributed by atoms with van der Waals surface area (Å²) < 4.78 is 51.0. The summed E-state index contributed by atoms with van der Waals surface area (Å²) in [7, 11) is -3.89. The normalized spacial score (nSPS) is 17.1. The highest BCUT2D eigenvalue weighted by Gasteiger charge is 2.44. The highest BCUT2D eigenvalue weighted by atomic mass is 32.2. The van der Waals surface area contributed by atoms with Crippen molar-refractivity contribution < 1.29 is 31.9 Å². The van der Waals surface area contributed by atoms with Crippen LogP contribution in [0.1, 0.15) is 52.0 Å². The van der Waals surface area contributed by atoms with E-state index in [1.807, 2.05) is 19.9 Å². The van der Waals surface area contributed by atoms with Crippen molar-refractivity contribution in [2.75, 3.05) is 26.0 Å². The summed E-state index contributed by atoms with van der Waals surface area (Å²) in [6.07, 6.45) is 4.28. The number of pyridine rings is 1. The van der Waals surface area contributed by atoms with Gasteiger partial charge in [-0.05, 0) is 80.8 Å². The van der Waals surface area contributed by atoms with Crippen LogP contribution in [0.15, 0.2) is 53.5 Å². The van der Waals surface area contributed by atoms with E-state index in [-0.39, 0.29) is 30.4 Å². The van der Waals surface area contributed by atoms with Crippen LogP contribution in [-0.4, -0.2) is 62.0 Å². The Balaban J connectivity index is 1.45. The number of nitrogens with one attached hydrogen (secondary N) is 2. The summed E-state index contributed by atoms with van der Waals surface area (Å²) in [5.74, 6) is -1.19. The number of carbonyl (C=O) groups excluding carboxylic acids is 1. The zero-order chi connectivity index (χ0) is 31.9. The van der Waals surface area contributed by atoms with Crippen LogP contribution < -0.4 is 16.4 Å². The standard InChI is InChI=1S/C32H42FN3O7S/c1-22(2)41-18-14-34-21-23-8-10-26(28(33)19-23)24-9-11-27-25(20-24)12-15-36(30(27)37)16-13-32(3,44(4,39)40)31(38)35-43-29-7-5-6-17-42-29/h8-12,15,19-20,22,29,34H,5-7,13-14,16-18,21H2,1-4H3,(H,35,38). The quantitative estimate of drug-likeness (QED) is 0.201. The molecule has 3 aromatic rings. The maximum atomic E-state index is 15.1. The molecule has 2 unspecified atom stereocenters. The lowest BCUT2D eigenvalue weighted by atomic mass is 10.00. The summed E-state index contributed by atoms with van der Waals surface area (Å²) in [4.78, 5) is 31.6. The molecule has 2 N–H and O–H groups in total. The average Bonchev–Trinajstić information content (AvgIpc) is 2.99. The van der Waals surface area contributed by atoms with Crippen molar-refractivity contribution in [2.24, 2.45) is 0 Å². The van der Waals surface area contributed by atoms with Gasteiger partial charge in [-0.15, -0.1) is 0 Å². The molecule has 0 saturated carbocycles. The molecule has 1 saturated heterocycles. The number of fused-ring (bicyclic) bond motifs is 1. The van der Waals surface area contributed by atoms with E-state index < -0.39 is 26.8 Å². The molecule has 12 heteroatoms. The van der Waals surface area contributed by atoms with Crippen molar-refractivity contribution >= 4 is 26.5 Å². The molecule has 44 heavy (non-hydrogen) atoms. The first-order valence-corrected chi connectivity index (χ1v) is 16.8. The molecule has 1 aromatic heterocycles. The number of hydrogen-bond acceptors (Lipinski definition) is 8. The van der Waals surface area contributed by atoms with E-state index in [2.05, 4.69) is 10.8 Å². The average molecular weight is 632 g/mol. The van der Waals surface area contributed by atoms with Gasteiger partial charge in [0.15, 0.2) is 20.9 Å². The van der Waals surface area contributed by atoms with Gasteiger partial charge in [0.2, 0.25) is 0 Å². The van der Waals surface area contributed by atoms with Gasteiger partial charge in [0.1, 0.15) is 5.82 Å². The summed E-state index contributed by atoms with van der Waals surface area (Å²) in [5.41, 5.74) is 3.76. The van der Waals surface area contributed by atoms with E-state index in [4.69, 9.17) is 14.3 Å². The largest absolute Gasteiger partial charge is 0.377 e. The monoisotopic (exact) mass is 631 g/mol. The van der Waals surface area contributed by atoms with E-state index in [9.17, 15) is 18.0 Å². The SMILES string of the molecule is CC(C)OCCNCc1ccc(-c2ccc3c(=O)n(CCC(C)(C(=O)NOC4CCCCO4)S(C)(=O)=O)ccc3c2)c(F)c1. The summed E-state index contributed by atoms with van der Waals surface area (Å²) in [6.45, 7) is 7.49. The van der Waals surface area contributed by atoms with Crippen molar-refractivity contribution in [2.45, 2.75) is 76.7 Å². The highest BCUT2D eigenvalue weighted by Crippen LogP contribution is 2.27. The maximum Gasteiger partial charge on any atom is 0.264 e. The molecule has 0 spiro atoms. The first kappa shape index (κ1) is 33.7. The number of hydroxylamine groups is 1. The third kappa shape index (κ3) is 8.30. The molecule has 1 aliphatic heterocycles. The number of aromatic nitrogens is 1. The van der Waals surface area contributed by atoms with Gasteiger partial charge in [0.05, 0.1) is 12.7 Å². The second-order valence-electron chi connectivity index (χ2n) is 11.6. The van der Waals surface area contributed by atoms with Crippen LogP contribution in [-0.2, 0) is 42.0 Å². The Morgan fingerprint density at radius 1 is 1.18 bits per heavy atom. The second-order valence-corrected chi connectivity index (χ2v) is 14.1. The number of rotatable bonds is 14. The molecular weight excluding hydrogens is 589 g/mol. The lowest BCUT2D eigenvalue weighted by Crippen LogP contribution is -2.51. The van der Waals surface area contributed by atoms with Crippen molar-refractivity contribution in [1.29, 1.82) is 0 Å². The third-order valence-electron chi connectivity index (χ3n) is 7.93. The van der Waals surface area contributed by atoms with E-state index in [0.717, 1.165) is 24.7 Å². The second kappa shape index (κ2) is 14.7. The van der Waals surface area contributed by atoms with E-state index in [1.165, 1.54) is 17.6 Å². The maximum absolute atomic E-state index is 15.1. The van der Waals surface area contributed by atoms with Gasteiger partial charge in [-0.1, -0.05) is 18.2 Å². The molecule has 2 atom stereocenters. The fraction of sp³-hybridized carbons (Fsp3) is 0.500. The molecule has 1 amide bonds. The first-order valence-electron chi connectivity index (χ1n) is 14.9. The van der Waals surface area contributed by atoms with Gasteiger partial charge in [0.25, 0.3) is 11.5 Å². The lowest BCUT2D eigenvalue weighted by Gasteiger charge is -2.28. The Morgan fingerprint density at radius 3 is 2.66 bits per heavy atom. The third-order valence-corrected chi connectivity index (χ3v) is 9.96. The topological polar surface area (TPSA) is 125 Å². The van der Waals surface area contributed by atoms with Crippen LogP contribution in [0, 0.1) is 5.82 Å². The zero-order valence-electron chi connectivity index (χ0n) is 25.7. The summed E-state index contributed by atoms with van der Waals surface area (Å²) >= 11 is 0. The molecular formula is C32H42FN3O7S. The highest BCUT2D eigenvalue weighted by molar-refractivity contribution is 7.92. The number of ether oxygens (including phenoxy) is 2. The van der Waals surface area contributed by atoms with E-state index >= 15 is 4.39 Å². The van der Waals surface area contributed by atoms with Gasteiger partial charge in [-0.3, -0.25) is 9.59 Å². The Hall–Kier alpha value is -3.16. The fourth-order valence-electron chi connectivity index (χ4n) is 4.97. The number of nitrogens with zero attached hydrogens (tertiary/aromatic N) is 1. The van der Waals surface area contributed by atoms with Crippen molar-refractivity contribution in [3.8, 4) is 11.1 Å². The van der Waals surface area contributed by atoms with Crippen molar-refractivity contribution in [1.82, 2.24) is 15.4 Å². The van der Waals surface area contributed by atoms with Crippen LogP contribution >= 0.6 is 0 Å². The predicted molar refractivity (Wildman–Crippen MR) is 167 cm³/mol. The van der Waals surface area contributed by atoms with Crippen LogP contribution in [0.4, 0.5) is 4.39 Å². The molecule has 2 aromatic carbocycles. The van der Waals surface area contributed by atoms with Crippen LogP contribution in [0.3, 0.4) is 0 Å². The minimum atomic E-state index is -3.89. The summed E-state index contributed by atoms with van der Waals surface area (Å²) in [5, 5.41) is 4.24. The minimum Gasteiger partial charge on any atom is -0.377 e. The number of halogens is 1. The number of benzene rings is 2. The molecule has 4 rings (SSSR count). The molecule has 2 heterocycles. The molecule has 10 nitrogen and oxygen atoms in total. The molecule has 0 bridgehead atoms. The van der Waals surface area contributed by atoms with Gasteiger partial charge < -0.3 is 19.4 Å². The van der Waals surface area contributed by atoms with Crippen LogP contribution in [0.5, 0.6) is 0 Å². The summed E-state index contributed by atoms with van der Waals surface area (Å²) in [6, 6.07) is 11.9. The van der Waals surface area contributed by atoms with Gasteiger partial charge in [0, 0.05) is 56.1 Å². The Kier molecular flexibility index (Phi) is 11.3. The van der Waals surface area contributed by atoms with Gasteiger partial charge >= 0.3 is 0 Å².